The van der Waals surface area contributed by atoms with E-state index in [1.54, 1.807) is 0 Å². The van der Waals surface area contributed by atoms with Crippen LogP contribution in [0.25, 0.3) is 44.7 Å². The fourth-order valence-corrected chi connectivity index (χ4v) is 9.13. The molecule has 0 saturated heterocycles. The Morgan fingerprint density at radius 2 is 0.867 bits per heavy atom. The molecular formula is C56H48N4. The van der Waals surface area contributed by atoms with E-state index >= 15 is 0 Å². The molecule has 0 bridgehead atoms. The van der Waals surface area contributed by atoms with Crippen molar-refractivity contribution in [2.75, 3.05) is 4.90 Å². The van der Waals surface area contributed by atoms with Crippen molar-refractivity contribution < 1.29 is 0 Å². The van der Waals surface area contributed by atoms with Crippen molar-refractivity contribution in [1.82, 2.24) is 15.0 Å². The zero-order valence-electron chi connectivity index (χ0n) is 35.1. The molecule has 9 aromatic rings. The lowest BCUT2D eigenvalue weighted by atomic mass is 9.77. The molecular weight excluding hydrogens is 729 g/mol. The largest absolute Gasteiger partial charge is 0.279 e. The molecule has 4 nitrogen and oxygen atoms in total. The number of nitrogens with zero attached hydrogens (tertiary/aromatic N) is 4. The van der Waals surface area contributed by atoms with Crippen molar-refractivity contribution in [2.24, 2.45) is 0 Å². The predicted molar refractivity (Wildman–Crippen MR) is 251 cm³/mol. The van der Waals surface area contributed by atoms with Gasteiger partial charge in [-0.2, -0.15) is 9.97 Å². The predicted octanol–water partition coefficient (Wildman–Crippen LogP) is 14.5. The van der Waals surface area contributed by atoms with Gasteiger partial charge in [-0.3, -0.25) is 4.90 Å². The Morgan fingerprint density at radius 3 is 1.47 bits per heavy atom. The molecule has 0 amide bonds. The monoisotopic (exact) mass is 776 g/mol. The van der Waals surface area contributed by atoms with Gasteiger partial charge in [0.1, 0.15) is 0 Å². The van der Waals surface area contributed by atoms with Crippen molar-refractivity contribution in [1.29, 1.82) is 0 Å². The highest BCUT2D eigenvalue weighted by molar-refractivity contribution is 5.89. The fraction of sp³-hybridized carbons (Fsp3) is 0.125. The van der Waals surface area contributed by atoms with Gasteiger partial charge in [0, 0.05) is 28.4 Å². The van der Waals surface area contributed by atoms with E-state index in [2.05, 4.69) is 198 Å². The van der Waals surface area contributed by atoms with Crippen molar-refractivity contribution in [2.45, 2.75) is 47.5 Å². The molecule has 0 aliphatic rings. The fourth-order valence-electron chi connectivity index (χ4n) is 9.13. The van der Waals surface area contributed by atoms with E-state index in [1.165, 1.54) is 55.5 Å². The maximum atomic E-state index is 5.37. The summed E-state index contributed by atoms with van der Waals surface area (Å²) in [5.74, 6) is 1.81. The first-order valence-electron chi connectivity index (χ1n) is 20.7. The lowest BCUT2D eigenvalue weighted by Gasteiger charge is -2.28. The van der Waals surface area contributed by atoms with Crippen LogP contribution in [0.3, 0.4) is 0 Å². The molecule has 0 aliphatic heterocycles. The van der Waals surface area contributed by atoms with Gasteiger partial charge in [-0.1, -0.05) is 163 Å². The van der Waals surface area contributed by atoms with Crippen molar-refractivity contribution in [3.05, 3.63) is 226 Å². The van der Waals surface area contributed by atoms with Crippen LogP contribution < -0.4 is 4.90 Å². The molecule has 0 atom stereocenters. The summed E-state index contributed by atoms with van der Waals surface area (Å²) in [4.78, 5) is 18.0. The van der Waals surface area contributed by atoms with Crippen LogP contribution in [0, 0.1) is 41.5 Å². The number of hydrogen-bond acceptors (Lipinski definition) is 4. The van der Waals surface area contributed by atoms with Gasteiger partial charge in [0.2, 0.25) is 5.95 Å². The van der Waals surface area contributed by atoms with E-state index in [0.717, 1.165) is 39.0 Å². The molecule has 0 saturated carbocycles. The smallest absolute Gasteiger partial charge is 0.238 e. The normalized spacial score (nSPS) is 11.3. The topological polar surface area (TPSA) is 41.9 Å². The third-order valence-electron chi connectivity index (χ3n) is 11.6. The third kappa shape index (κ3) is 7.49. The molecule has 0 unspecified atom stereocenters. The van der Waals surface area contributed by atoms with Crippen LogP contribution in [0.5, 0.6) is 0 Å². The average molecular weight is 777 g/mol. The van der Waals surface area contributed by atoms with Crippen LogP contribution in [0.2, 0.25) is 0 Å². The number of aromatic nitrogens is 3. The van der Waals surface area contributed by atoms with Gasteiger partial charge < -0.3 is 0 Å². The molecule has 292 valence electrons. The van der Waals surface area contributed by atoms with Gasteiger partial charge in [0.05, 0.1) is 0 Å². The molecule has 60 heavy (non-hydrogen) atoms. The molecule has 0 fully saturated rings. The highest BCUT2D eigenvalue weighted by Crippen LogP contribution is 2.42. The highest BCUT2D eigenvalue weighted by atomic mass is 15.3. The number of anilines is 3. The van der Waals surface area contributed by atoms with Gasteiger partial charge in [0.15, 0.2) is 11.6 Å². The summed E-state index contributed by atoms with van der Waals surface area (Å²) in [7, 11) is 0. The number of benzene rings is 8. The lowest BCUT2D eigenvalue weighted by molar-refractivity contribution is 0.919. The Morgan fingerprint density at radius 1 is 0.383 bits per heavy atom. The Balaban J connectivity index is 1.26. The van der Waals surface area contributed by atoms with Crippen molar-refractivity contribution >= 4 is 28.1 Å². The summed E-state index contributed by atoms with van der Waals surface area (Å²) in [6, 6.07) is 62.4. The first-order chi connectivity index (χ1) is 29.2. The molecule has 0 spiro atoms. The van der Waals surface area contributed by atoms with Gasteiger partial charge >= 0.3 is 0 Å². The summed E-state index contributed by atoms with van der Waals surface area (Å²) >= 11 is 0. The summed E-state index contributed by atoms with van der Waals surface area (Å²) in [5, 5.41) is 2.31. The first kappa shape index (κ1) is 38.4. The summed E-state index contributed by atoms with van der Waals surface area (Å²) in [6.07, 6.45) is 0. The second-order valence-electron chi connectivity index (χ2n) is 16.1. The Labute approximate surface area is 353 Å². The van der Waals surface area contributed by atoms with Crippen LogP contribution in [-0.2, 0) is 0 Å². The van der Waals surface area contributed by atoms with E-state index in [-0.39, 0.29) is 5.92 Å². The van der Waals surface area contributed by atoms with Gasteiger partial charge in [-0.15, -0.1) is 0 Å². The van der Waals surface area contributed by atoms with Crippen LogP contribution in [-0.4, -0.2) is 15.0 Å². The minimum Gasteiger partial charge on any atom is -0.279 e. The SMILES string of the molecule is Cc1cc(C)c(C(c2ccc(N(c3ccc4ccccc4c3)c3nc(-c4ccccc4)nc(-c4ccccc4-c4ccccc4)n3)cc2)c2c(C)cc(C)cc2C)c(C)c1. The molecule has 4 heteroatoms. The number of hydrogen-bond donors (Lipinski definition) is 0. The molecule has 0 aliphatic carbocycles. The molecule has 1 heterocycles. The number of fused-ring (bicyclic) bond motifs is 1. The Bertz CT molecular complexity index is 2890. The number of rotatable bonds is 9. The second-order valence-corrected chi connectivity index (χ2v) is 16.1. The molecule has 0 radical (unpaired) electrons. The van der Waals surface area contributed by atoms with E-state index in [0.29, 0.717) is 17.6 Å². The van der Waals surface area contributed by atoms with Gasteiger partial charge in [-0.05, 0) is 127 Å². The summed E-state index contributed by atoms with van der Waals surface area (Å²) in [5.41, 5.74) is 17.7. The molecule has 8 aromatic carbocycles. The maximum Gasteiger partial charge on any atom is 0.238 e. The third-order valence-corrected chi connectivity index (χ3v) is 11.6. The van der Waals surface area contributed by atoms with Crippen LogP contribution in [0.4, 0.5) is 17.3 Å². The highest BCUT2D eigenvalue weighted by Gasteiger charge is 2.26. The van der Waals surface area contributed by atoms with E-state index < -0.39 is 0 Å². The maximum absolute atomic E-state index is 5.37. The quantitative estimate of drug-likeness (QED) is 0.137. The van der Waals surface area contributed by atoms with E-state index in [9.17, 15) is 0 Å². The van der Waals surface area contributed by atoms with Crippen molar-refractivity contribution in [3.63, 3.8) is 0 Å². The standard InChI is InChI=1S/C56H48N4/c1-36-31-38(3)51(39(4)32-36)53(52-40(5)33-37(2)34-41(52)6)44-26-28-47(29-27-44)60(48-30-25-42-17-13-14-22-46(42)35-48)56-58-54(45-20-11-8-12-21-45)57-55(59-56)50-24-16-15-23-49(50)43-18-9-7-10-19-43/h7-35,53H,1-6H3. The summed E-state index contributed by atoms with van der Waals surface area (Å²) in [6.45, 7) is 13.4. The van der Waals surface area contributed by atoms with Crippen LogP contribution in [0.15, 0.2) is 176 Å². The molecule has 0 N–H and O–H groups in total. The zero-order chi connectivity index (χ0) is 41.3. The molecule has 9 rings (SSSR count). The van der Waals surface area contributed by atoms with Gasteiger partial charge in [0.25, 0.3) is 0 Å². The van der Waals surface area contributed by atoms with Gasteiger partial charge in [-0.25, -0.2) is 4.98 Å². The second kappa shape index (κ2) is 16.2. The van der Waals surface area contributed by atoms with Crippen LogP contribution >= 0.6 is 0 Å². The lowest BCUT2D eigenvalue weighted by Crippen LogP contribution is -2.16. The Hall–Kier alpha value is -7.17. The summed E-state index contributed by atoms with van der Waals surface area (Å²) < 4.78 is 0. The number of aryl methyl sites for hydroxylation is 6. The average Bonchev–Trinajstić information content (AvgIpc) is 3.26. The minimum atomic E-state index is 0.0531. The van der Waals surface area contributed by atoms with Crippen molar-refractivity contribution in [3.8, 4) is 33.9 Å². The first-order valence-corrected chi connectivity index (χ1v) is 20.7. The van der Waals surface area contributed by atoms with Crippen LogP contribution in [0.1, 0.15) is 56.0 Å². The Kier molecular flexibility index (Phi) is 10.4. The minimum absolute atomic E-state index is 0.0531. The van der Waals surface area contributed by atoms with E-state index in [4.69, 9.17) is 15.0 Å². The molecule has 1 aromatic heterocycles. The zero-order valence-corrected chi connectivity index (χ0v) is 35.1. The van der Waals surface area contributed by atoms with E-state index in [1.807, 2.05) is 24.3 Å².